The Morgan fingerprint density at radius 3 is 2.81 bits per heavy atom. The van der Waals surface area contributed by atoms with E-state index in [9.17, 15) is 4.79 Å². The van der Waals surface area contributed by atoms with Gasteiger partial charge in [0.25, 0.3) is 5.91 Å². The topological polar surface area (TPSA) is 128 Å². The standard InChI is InChI=1S/C26H23N7O4/c1-27-25-17-12-28-22-11-16(17)18(13-29-25)26-30-19-10-15(6-7-20(19)37-26)33(2)24(34)14-35-8-9-36-23-5-3-4-21(31-22)32-23/h3-7,10-13H,8-9,14H2,1-2H3,(H,27,29)(H,28,31,32). The van der Waals surface area contributed by atoms with Gasteiger partial charge in [-0.1, -0.05) is 6.07 Å². The van der Waals surface area contributed by atoms with Crippen molar-refractivity contribution in [3.63, 3.8) is 0 Å². The van der Waals surface area contributed by atoms with Crippen LogP contribution in [0.4, 0.5) is 23.1 Å². The summed E-state index contributed by atoms with van der Waals surface area (Å²) >= 11 is 0. The number of ether oxygens (including phenoxy) is 2. The predicted molar refractivity (Wildman–Crippen MR) is 139 cm³/mol. The van der Waals surface area contributed by atoms with Gasteiger partial charge in [-0.3, -0.25) is 4.79 Å². The monoisotopic (exact) mass is 497 g/mol. The highest BCUT2D eigenvalue weighted by Gasteiger charge is 2.18. The SMILES string of the molecule is CNc1ncc2c3cc(ncc13)Nc1cccc(n1)OCCOCC(=O)N(C)c1ccc3oc-2nc3c1. The Morgan fingerprint density at radius 2 is 1.92 bits per heavy atom. The molecule has 5 heterocycles. The lowest BCUT2D eigenvalue weighted by molar-refractivity contribution is -0.123. The fourth-order valence-electron chi connectivity index (χ4n) is 4.11. The summed E-state index contributed by atoms with van der Waals surface area (Å²) in [6.45, 7) is 0.401. The highest BCUT2D eigenvalue weighted by atomic mass is 16.5. The fourth-order valence-corrected chi connectivity index (χ4v) is 4.11. The second kappa shape index (κ2) is 9.36. The molecule has 1 amide bonds. The van der Waals surface area contributed by atoms with Crippen molar-refractivity contribution in [1.82, 2.24) is 19.9 Å². The summed E-state index contributed by atoms with van der Waals surface area (Å²) < 4.78 is 17.3. The van der Waals surface area contributed by atoms with Crippen LogP contribution in [0.2, 0.25) is 0 Å². The van der Waals surface area contributed by atoms with Crippen LogP contribution in [0.1, 0.15) is 0 Å². The van der Waals surface area contributed by atoms with Gasteiger partial charge in [0.1, 0.15) is 36.2 Å². The molecule has 37 heavy (non-hydrogen) atoms. The van der Waals surface area contributed by atoms with Crippen LogP contribution in [0.25, 0.3) is 33.3 Å². The normalized spacial score (nSPS) is 14.2. The summed E-state index contributed by atoms with van der Waals surface area (Å²) in [6, 6.07) is 12.7. The zero-order valence-electron chi connectivity index (χ0n) is 20.2. The largest absolute Gasteiger partial charge is 0.475 e. The first-order chi connectivity index (χ1) is 18.1. The van der Waals surface area contributed by atoms with Crippen molar-refractivity contribution in [3.8, 4) is 17.3 Å². The molecular weight excluding hydrogens is 474 g/mol. The number of pyridine rings is 3. The number of fused-ring (bicyclic) bond motifs is 6. The van der Waals surface area contributed by atoms with Crippen molar-refractivity contribution < 1.29 is 18.7 Å². The van der Waals surface area contributed by atoms with Crippen LogP contribution in [0.15, 0.2) is 59.3 Å². The van der Waals surface area contributed by atoms with Crippen LogP contribution in [0.3, 0.4) is 0 Å². The molecule has 11 nitrogen and oxygen atoms in total. The third-order valence-corrected chi connectivity index (χ3v) is 6.05. The van der Waals surface area contributed by atoms with Crippen LogP contribution in [0.5, 0.6) is 5.88 Å². The number of aromatic nitrogens is 4. The van der Waals surface area contributed by atoms with Crippen LogP contribution in [0, 0.1) is 0 Å². The third kappa shape index (κ3) is 4.36. The lowest BCUT2D eigenvalue weighted by atomic mass is 10.1. The maximum absolute atomic E-state index is 12.7. The van der Waals surface area contributed by atoms with Crippen LogP contribution >= 0.6 is 0 Å². The number of nitrogens with zero attached hydrogens (tertiary/aromatic N) is 5. The molecule has 0 spiro atoms. The first kappa shape index (κ1) is 22.7. The molecule has 4 aromatic heterocycles. The lowest BCUT2D eigenvalue weighted by Gasteiger charge is -2.17. The van der Waals surface area contributed by atoms with E-state index in [0.717, 1.165) is 10.8 Å². The summed E-state index contributed by atoms with van der Waals surface area (Å²) in [7, 11) is 3.50. The van der Waals surface area contributed by atoms with Gasteiger partial charge in [0.05, 0.1) is 12.2 Å². The molecule has 1 aromatic carbocycles. The molecule has 0 unspecified atom stereocenters. The summed E-state index contributed by atoms with van der Waals surface area (Å²) in [5.41, 5.74) is 2.60. The predicted octanol–water partition coefficient (Wildman–Crippen LogP) is 3.99. The number of anilines is 4. The minimum atomic E-state index is -0.195. The number of rotatable bonds is 1. The number of hydrogen-bond donors (Lipinski definition) is 2. The summed E-state index contributed by atoms with van der Waals surface area (Å²) in [5.74, 6) is 2.47. The highest BCUT2D eigenvalue weighted by molar-refractivity contribution is 6.02. The van der Waals surface area contributed by atoms with E-state index >= 15 is 0 Å². The smallest absolute Gasteiger partial charge is 0.252 e. The Labute approximate surface area is 211 Å². The molecule has 5 aromatic rings. The Kier molecular flexibility index (Phi) is 5.73. The van der Waals surface area contributed by atoms with Gasteiger partial charge in [0.2, 0.25) is 11.8 Å². The quantitative estimate of drug-likeness (QED) is 0.351. The molecule has 0 radical (unpaired) electrons. The third-order valence-electron chi connectivity index (χ3n) is 6.05. The molecule has 1 aliphatic heterocycles. The number of oxazole rings is 1. The second-order valence-corrected chi connectivity index (χ2v) is 8.40. The first-order valence-corrected chi connectivity index (χ1v) is 11.7. The van der Waals surface area contributed by atoms with Gasteiger partial charge in [0.15, 0.2) is 5.58 Å². The Hall–Kier alpha value is -4.77. The molecule has 0 aliphatic carbocycles. The van der Waals surface area contributed by atoms with Crippen molar-refractivity contribution in [2.75, 3.05) is 49.4 Å². The summed E-state index contributed by atoms with van der Waals surface area (Å²) in [5, 5.41) is 7.99. The Morgan fingerprint density at radius 1 is 1.00 bits per heavy atom. The molecule has 7 bridgehead atoms. The number of carbonyl (C=O) groups is 1. The molecule has 1 aliphatic rings. The van der Waals surface area contributed by atoms with Gasteiger partial charge in [-0.15, -0.1) is 0 Å². The minimum absolute atomic E-state index is 0.0846. The van der Waals surface area contributed by atoms with Gasteiger partial charge in [-0.25, -0.2) is 15.0 Å². The molecule has 11 heteroatoms. The highest BCUT2D eigenvalue weighted by Crippen LogP contribution is 2.35. The summed E-state index contributed by atoms with van der Waals surface area (Å²) in [4.78, 5) is 32.5. The lowest BCUT2D eigenvalue weighted by Crippen LogP contribution is -2.30. The molecule has 186 valence electrons. The molecule has 0 saturated carbocycles. The molecule has 6 rings (SSSR count). The minimum Gasteiger partial charge on any atom is -0.475 e. The van der Waals surface area contributed by atoms with Gasteiger partial charge in [-0.2, -0.15) is 4.98 Å². The van der Waals surface area contributed by atoms with Crippen molar-refractivity contribution in [2.45, 2.75) is 0 Å². The maximum Gasteiger partial charge on any atom is 0.252 e. The number of carbonyl (C=O) groups excluding carboxylic acids is 1. The van der Waals surface area contributed by atoms with Gasteiger partial charge in [0, 0.05) is 49.0 Å². The van der Waals surface area contributed by atoms with Crippen LogP contribution in [-0.2, 0) is 9.53 Å². The van der Waals surface area contributed by atoms with Crippen molar-refractivity contribution in [1.29, 1.82) is 0 Å². The number of amides is 1. The molecule has 0 atom stereocenters. The fraction of sp³-hybridized carbons (Fsp3) is 0.192. The average molecular weight is 498 g/mol. The first-order valence-electron chi connectivity index (χ1n) is 11.7. The van der Waals surface area contributed by atoms with E-state index in [-0.39, 0.29) is 25.7 Å². The second-order valence-electron chi connectivity index (χ2n) is 8.40. The van der Waals surface area contributed by atoms with E-state index in [0.29, 0.717) is 51.6 Å². The number of benzene rings is 1. The van der Waals surface area contributed by atoms with Crippen molar-refractivity contribution >= 4 is 50.9 Å². The molecule has 2 N–H and O–H groups in total. The van der Waals surface area contributed by atoms with Crippen LogP contribution in [-0.4, -0.2) is 59.8 Å². The van der Waals surface area contributed by atoms with Crippen molar-refractivity contribution in [2.24, 2.45) is 0 Å². The number of nitrogens with one attached hydrogen (secondary N) is 2. The van der Waals surface area contributed by atoms with Crippen molar-refractivity contribution in [3.05, 3.63) is 54.9 Å². The van der Waals surface area contributed by atoms with Gasteiger partial charge >= 0.3 is 0 Å². The average Bonchev–Trinajstić information content (AvgIpc) is 3.34. The van der Waals surface area contributed by atoms with E-state index < -0.39 is 0 Å². The molecule has 0 fully saturated rings. The van der Waals surface area contributed by atoms with E-state index in [4.69, 9.17) is 18.9 Å². The maximum atomic E-state index is 12.7. The zero-order valence-corrected chi connectivity index (χ0v) is 20.2. The van der Waals surface area contributed by atoms with E-state index in [1.807, 2.05) is 37.4 Å². The van der Waals surface area contributed by atoms with Crippen LogP contribution < -0.4 is 20.3 Å². The number of hydrogen-bond acceptors (Lipinski definition) is 10. The zero-order chi connectivity index (χ0) is 25.4. The summed E-state index contributed by atoms with van der Waals surface area (Å²) in [6.07, 6.45) is 3.46. The molecule has 0 saturated heterocycles. The van der Waals surface area contributed by atoms with Gasteiger partial charge < -0.3 is 29.4 Å². The van der Waals surface area contributed by atoms with E-state index in [2.05, 4.69) is 25.6 Å². The van der Waals surface area contributed by atoms with Gasteiger partial charge in [-0.05, 0) is 30.3 Å². The Balaban J connectivity index is 1.50. The molecular formula is C26H23N7O4. The van der Waals surface area contributed by atoms with E-state index in [1.54, 1.807) is 31.6 Å². The Bertz CT molecular complexity index is 1630. The van der Waals surface area contributed by atoms with E-state index in [1.165, 1.54) is 4.90 Å². The number of likely N-dealkylation sites (N-methyl/N-ethyl adjacent to an activating group) is 1.